The molecule has 1 fully saturated rings. The van der Waals surface area contributed by atoms with Gasteiger partial charge < -0.3 is 15.5 Å². The molecule has 3 N–H and O–H groups in total. The van der Waals surface area contributed by atoms with Crippen molar-refractivity contribution in [2.75, 3.05) is 13.7 Å². The summed E-state index contributed by atoms with van der Waals surface area (Å²) in [5.41, 5.74) is 13.6. The maximum Gasteiger partial charge on any atom is 0.118 e. The predicted octanol–water partition coefficient (Wildman–Crippen LogP) is 6.08. The first-order valence-electron chi connectivity index (χ1n) is 10.3. The molecule has 146 valence electrons. The van der Waals surface area contributed by atoms with Crippen molar-refractivity contribution in [3.63, 3.8) is 0 Å². The summed E-state index contributed by atoms with van der Waals surface area (Å²) >= 11 is 0. The molecule has 0 unspecified atom stereocenters. The molecular formula is C25H30N2O. The minimum absolute atomic E-state index is 0.665. The maximum atomic E-state index is 5.64. The maximum absolute atomic E-state index is 5.64. The summed E-state index contributed by atoms with van der Waals surface area (Å²) in [6.45, 7) is 2.98. The molecule has 1 saturated carbocycles. The van der Waals surface area contributed by atoms with Gasteiger partial charge in [-0.2, -0.15) is 0 Å². The number of hydrogen-bond donors (Lipinski definition) is 2. The van der Waals surface area contributed by atoms with E-state index in [1.165, 1.54) is 59.0 Å². The van der Waals surface area contributed by atoms with Crippen molar-refractivity contribution >= 4 is 10.9 Å². The van der Waals surface area contributed by atoms with E-state index in [2.05, 4.69) is 48.3 Å². The van der Waals surface area contributed by atoms with E-state index in [1.54, 1.807) is 12.7 Å². The summed E-state index contributed by atoms with van der Waals surface area (Å²) in [5, 5.41) is 1.34. The van der Waals surface area contributed by atoms with E-state index in [0.29, 0.717) is 5.92 Å². The number of nitrogens with two attached hydrogens (primary N) is 1. The van der Waals surface area contributed by atoms with Crippen molar-refractivity contribution in [1.82, 2.24) is 4.98 Å². The second-order valence-electron chi connectivity index (χ2n) is 7.87. The zero-order chi connectivity index (χ0) is 19.5. The van der Waals surface area contributed by atoms with Crippen LogP contribution in [0.3, 0.4) is 0 Å². The molecule has 0 atom stereocenters. The van der Waals surface area contributed by atoms with Crippen LogP contribution in [0, 0.1) is 6.92 Å². The molecule has 28 heavy (non-hydrogen) atoms. The molecule has 0 radical (unpaired) electrons. The number of aromatic nitrogens is 1. The van der Waals surface area contributed by atoms with Crippen LogP contribution in [-0.4, -0.2) is 18.6 Å². The Kier molecular flexibility index (Phi) is 5.54. The number of nitrogens with one attached hydrogen (secondary N) is 1. The fraction of sp³-hybridized carbons (Fsp3) is 0.360. The zero-order valence-corrected chi connectivity index (χ0v) is 16.9. The number of aromatic amines is 1. The molecule has 0 spiro atoms. The first-order chi connectivity index (χ1) is 13.7. The van der Waals surface area contributed by atoms with Gasteiger partial charge in [0, 0.05) is 16.6 Å². The molecule has 1 aliphatic rings. The van der Waals surface area contributed by atoms with Crippen LogP contribution in [0.1, 0.15) is 49.1 Å². The van der Waals surface area contributed by atoms with E-state index in [4.69, 9.17) is 10.5 Å². The third kappa shape index (κ3) is 3.72. The van der Waals surface area contributed by atoms with Crippen LogP contribution in [0.2, 0.25) is 0 Å². The zero-order valence-electron chi connectivity index (χ0n) is 16.9. The number of allylic oxidation sites excluding steroid dienone is 1. The van der Waals surface area contributed by atoms with Crippen LogP contribution in [0.5, 0.6) is 5.75 Å². The minimum Gasteiger partial charge on any atom is -0.497 e. The summed E-state index contributed by atoms with van der Waals surface area (Å²) < 4.78 is 5.29. The van der Waals surface area contributed by atoms with Crippen LogP contribution >= 0.6 is 0 Å². The Labute approximate surface area is 167 Å². The predicted molar refractivity (Wildman–Crippen MR) is 118 cm³/mol. The molecule has 3 aromatic rings. The first-order valence-corrected chi connectivity index (χ1v) is 10.3. The van der Waals surface area contributed by atoms with E-state index in [1.807, 2.05) is 12.1 Å². The van der Waals surface area contributed by atoms with Gasteiger partial charge in [0.1, 0.15) is 5.75 Å². The summed E-state index contributed by atoms with van der Waals surface area (Å²) in [6, 6.07) is 15.3. The molecule has 4 rings (SSSR count). The highest BCUT2D eigenvalue weighted by Gasteiger charge is 2.19. The van der Waals surface area contributed by atoms with E-state index in [-0.39, 0.29) is 0 Å². The lowest BCUT2D eigenvalue weighted by atomic mass is 9.81. The fourth-order valence-corrected chi connectivity index (χ4v) is 4.46. The SMILES string of the molecule is COc1ccc(-c2[nH]c3ccc(C4CCC(=CCCN)CC4)cc3c2C)cc1. The van der Waals surface area contributed by atoms with Crippen LogP contribution in [0.4, 0.5) is 0 Å². The Morgan fingerprint density at radius 2 is 1.86 bits per heavy atom. The number of fused-ring (bicyclic) bond motifs is 1. The van der Waals surface area contributed by atoms with Crippen LogP contribution in [0.25, 0.3) is 22.2 Å². The fourth-order valence-electron chi connectivity index (χ4n) is 4.46. The number of aryl methyl sites for hydroxylation is 1. The molecule has 0 bridgehead atoms. The van der Waals surface area contributed by atoms with Crippen molar-refractivity contribution < 1.29 is 4.74 Å². The number of ether oxygens (including phenoxy) is 1. The van der Waals surface area contributed by atoms with Crippen LogP contribution in [0.15, 0.2) is 54.1 Å². The number of hydrogen-bond acceptors (Lipinski definition) is 2. The van der Waals surface area contributed by atoms with Gasteiger partial charge in [0.15, 0.2) is 0 Å². The van der Waals surface area contributed by atoms with Gasteiger partial charge in [0.25, 0.3) is 0 Å². The topological polar surface area (TPSA) is 51.0 Å². The Balaban J connectivity index is 1.58. The summed E-state index contributed by atoms with van der Waals surface area (Å²) in [5.74, 6) is 1.55. The lowest BCUT2D eigenvalue weighted by molar-refractivity contribution is 0.415. The quantitative estimate of drug-likeness (QED) is 0.531. The largest absolute Gasteiger partial charge is 0.497 e. The number of methoxy groups -OCH3 is 1. The van der Waals surface area contributed by atoms with E-state index in [0.717, 1.165) is 18.7 Å². The van der Waals surface area contributed by atoms with Gasteiger partial charge in [-0.1, -0.05) is 17.7 Å². The standard InChI is InChI=1S/C25H30N2O/c1-17-23-16-21(19-7-5-18(6-8-19)4-3-15-26)11-14-24(23)27-25(17)20-9-12-22(28-2)13-10-20/h4,9-14,16,19,27H,3,5-8,15,26H2,1-2H3. The highest BCUT2D eigenvalue weighted by molar-refractivity contribution is 5.91. The Morgan fingerprint density at radius 3 is 2.54 bits per heavy atom. The van der Waals surface area contributed by atoms with Gasteiger partial charge in [-0.3, -0.25) is 0 Å². The van der Waals surface area contributed by atoms with Crippen molar-refractivity contribution in [3.8, 4) is 17.0 Å². The summed E-state index contributed by atoms with van der Waals surface area (Å²) in [6.07, 6.45) is 8.30. The van der Waals surface area contributed by atoms with Gasteiger partial charge >= 0.3 is 0 Å². The summed E-state index contributed by atoms with van der Waals surface area (Å²) in [7, 11) is 1.70. The second kappa shape index (κ2) is 8.24. The van der Waals surface area contributed by atoms with Gasteiger partial charge in [-0.25, -0.2) is 0 Å². The molecule has 1 heterocycles. The molecule has 0 aliphatic heterocycles. The van der Waals surface area contributed by atoms with Gasteiger partial charge in [0.05, 0.1) is 7.11 Å². The lowest BCUT2D eigenvalue weighted by Crippen LogP contribution is -2.07. The van der Waals surface area contributed by atoms with Crippen LogP contribution < -0.4 is 10.5 Å². The third-order valence-corrected chi connectivity index (χ3v) is 6.16. The third-order valence-electron chi connectivity index (χ3n) is 6.16. The Hall–Kier alpha value is -2.52. The average Bonchev–Trinajstić information content (AvgIpc) is 3.08. The van der Waals surface area contributed by atoms with E-state index < -0.39 is 0 Å². The van der Waals surface area contributed by atoms with Crippen LogP contribution in [-0.2, 0) is 0 Å². The molecule has 0 amide bonds. The Bertz CT molecular complexity index is 972. The molecule has 0 saturated heterocycles. The number of benzene rings is 2. The highest BCUT2D eigenvalue weighted by atomic mass is 16.5. The normalized spacial score (nSPS) is 17.1. The minimum atomic E-state index is 0.665. The average molecular weight is 375 g/mol. The molecule has 1 aromatic heterocycles. The number of H-pyrrole nitrogens is 1. The van der Waals surface area contributed by atoms with Gasteiger partial charge in [-0.15, -0.1) is 0 Å². The highest BCUT2D eigenvalue weighted by Crippen LogP contribution is 2.38. The van der Waals surface area contributed by atoms with E-state index in [9.17, 15) is 0 Å². The molecule has 3 heteroatoms. The Morgan fingerprint density at radius 1 is 1.11 bits per heavy atom. The van der Waals surface area contributed by atoms with Gasteiger partial charge in [0.2, 0.25) is 0 Å². The van der Waals surface area contributed by atoms with Gasteiger partial charge in [-0.05, 0) is 105 Å². The monoisotopic (exact) mass is 374 g/mol. The lowest BCUT2D eigenvalue weighted by Gasteiger charge is -2.24. The molecular weight excluding hydrogens is 344 g/mol. The number of rotatable bonds is 5. The van der Waals surface area contributed by atoms with E-state index >= 15 is 0 Å². The van der Waals surface area contributed by atoms with Crippen molar-refractivity contribution in [2.24, 2.45) is 5.73 Å². The molecule has 1 aliphatic carbocycles. The molecule has 3 nitrogen and oxygen atoms in total. The molecule has 2 aromatic carbocycles. The second-order valence-corrected chi connectivity index (χ2v) is 7.87. The van der Waals surface area contributed by atoms with Crippen molar-refractivity contribution in [3.05, 3.63) is 65.2 Å². The van der Waals surface area contributed by atoms with Crippen molar-refractivity contribution in [2.45, 2.75) is 44.9 Å². The van der Waals surface area contributed by atoms with Crippen molar-refractivity contribution in [1.29, 1.82) is 0 Å². The summed E-state index contributed by atoms with van der Waals surface area (Å²) in [4.78, 5) is 3.62. The smallest absolute Gasteiger partial charge is 0.118 e. The first kappa shape index (κ1) is 18.8.